The highest BCUT2D eigenvalue weighted by Gasteiger charge is 2.51. The van der Waals surface area contributed by atoms with Gasteiger partial charge in [0.2, 0.25) is 0 Å². The molecule has 1 aromatic rings. The van der Waals surface area contributed by atoms with Gasteiger partial charge in [0.05, 0.1) is 13.0 Å². The zero-order chi connectivity index (χ0) is 19.4. The molecule has 1 fully saturated rings. The number of benzene rings is 1. The summed E-state index contributed by atoms with van der Waals surface area (Å²) < 4.78 is 5.16. The summed E-state index contributed by atoms with van der Waals surface area (Å²) in [7, 11) is -1.04. The average molecular weight is 379 g/mol. The number of carbonyl (C=O) groups is 2. The predicted molar refractivity (Wildman–Crippen MR) is 104 cm³/mol. The van der Waals surface area contributed by atoms with Crippen LogP contribution < -0.4 is 10.1 Å². The normalized spacial score (nSPS) is 25.9. The van der Waals surface area contributed by atoms with Crippen molar-refractivity contribution in [2.75, 3.05) is 13.2 Å². The van der Waals surface area contributed by atoms with Crippen molar-refractivity contribution in [3.8, 4) is 5.75 Å². The quantitative estimate of drug-likeness (QED) is 0.404. The van der Waals surface area contributed by atoms with E-state index >= 15 is 0 Å². The molecule has 0 aliphatic carbocycles. The van der Waals surface area contributed by atoms with Gasteiger partial charge in [0.1, 0.15) is 24.1 Å². The molecule has 0 saturated carbocycles. The van der Waals surface area contributed by atoms with E-state index in [0.717, 1.165) is 6.29 Å². The van der Waals surface area contributed by atoms with Crippen molar-refractivity contribution in [2.45, 2.75) is 51.2 Å². The van der Waals surface area contributed by atoms with Crippen LogP contribution in [0.1, 0.15) is 34.1 Å². The van der Waals surface area contributed by atoms with Crippen molar-refractivity contribution in [3.63, 3.8) is 0 Å². The molecule has 1 amide bonds. The van der Waals surface area contributed by atoms with Crippen molar-refractivity contribution in [1.29, 1.82) is 0 Å². The SMILES string of the molecule is CC(C)C(C)(C)[SiH2][N+]1([O-])CC(NC(=O)COc2ccccc2)C1CC=O. The van der Waals surface area contributed by atoms with E-state index in [-0.39, 0.29) is 40.4 Å². The first-order valence-corrected chi connectivity index (χ1v) is 10.5. The lowest BCUT2D eigenvalue weighted by Crippen LogP contribution is -2.77. The number of nitrogens with one attached hydrogen (secondary N) is 1. The maximum absolute atomic E-state index is 13.2. The number of hydroxylamine groups is 2. The molecule has 144 valence electrons. The summed E-state index contributed by atoms with van der Waals surface area (Å²) in [6, 6.07) is 8.50. The minimum absolute atomic E-state index is 0.00822. The van der Waals surface area contributed by atoms with E-state index in [9.17, 15) is 14.8 Å². The highest BCUT2D eigenvalue weighted by molar-refractivity contribution is 6.31. The van der Waals surface area contributed by atoms with E-state index in [2.05, 4.69) is 33.0 Å². The van der Waals surface area contributed by atoms with Gasteiger partial charge in [-0.25, -0.2) is 0 Å². The molecule has 1 saturated heterocycles. The van der Waals surface area contributed by atoms with Crippen molar-refractivity contribution in [3.05, 3.63) is 35.5 Å². The molecule has 1 aliphatic heterocycles. The molecule has 1 heterocycles. The Morgan fingerprint density at radius 1 is 1.42 bits per heavy atom. The first-order chi connectivity index (χ1) is 12.2. The maximum Gasteiger partial charge on any atom is 0.261 e. The largest absolute Gasteiger partial charge is 0.652 e. The molecule has 7 heteroatoms. The third-order valence-corrected chi connectivity index (χ3v) is 8.50. The van der Waals surface area contributed by atoms with E-state index in [0.29, 0.717) is 18.2 Å². The first kappa shape index (κ1) is 20.6. The summed E-state index contributed by atoms with van der Waals surface area (Å²) in [6.07, 6.45) is 0.986. The number of rotatable bonds is 9. The lowest BCUT2D eigenvalue weighted by Gasteiger charge is -2.64. The molecule has 0 radical (unpaired) electrons. The fourth-order valence-corrected chi connectivity index (χ4v) is 6.14. The number of hydrogen-bond donors (Lipinski definition) is 1. The number of para-hydroxylation sites is 1. The molecule has 1 N–H and O–H groups in total. The summed E-state index contributed by atoms with van der Waals surface area (Å²) in [5.41, 5.74) is 0. The van der Waals surface area contributed by atoms with Crippen LogP contribution in [0.5, 0.6) is 5.75 Å². The zero-order valence-electron chi connectivity index (χ0n) is 16.1. The van der Waals surface area contributed by atoms with Crippen molar-refractivity contribution in [1.82, 2.24) is 5.32 Å². The Bertz CT molecular complexity index is 623. The first-order valence-electron chi connectivity index (χ1n) is 9.16. The number of hydrogen-bond acceptors (Lipinski definition) is 4. The van der Waals surface area contributed by atoms with Crippen LogP contribution in [-0.2, 0) is 9.59 Å². The van der Waals surface area contributed by atoms with Crippen LogP contribution in [0.15, 0.2) is 30.3 Å². The van der Waals surface area contributed by atoms with Crippen LogP contribution in [0, 0.1) is 11.1 Å². The van der Waals surface area contributed by atoms with Crippen LogP contribution in [0.2, 0.25) is 5.04 Å². The third kappa shape index (κ3) is 4.93. The fourth-order valence-electron chi connectivity index (χ4n) is 3.35. The van der Waals surface area contributed by atoms with Crippen LogP contribution in [-0.4, -0.2) is 51.4 Å². The monoisotopic (exact) mass is 378 g/mol. The minimum Gasteiger partial charge on any atom is -0.652 e. The fraction of sp³-hybridized carbons (Fsp3) is 0.579. The molecule has 0 spiro atoms. The number of amides is 1. The van der Waals surface area contributed by atoms with Gasteiger partial charge in [-0.15, -0.1) is 0 Å². The van der Waals surface area contributed by atoms with Gasteiger partial charge in [-0.3, -0.25) is 4.79 Å². The Balaban J connectivity index is 1.91. The lowest BCUT2D eigenvalue weighted by molar-refractivity contribution is -0.849. The second-order valence-electron chi connectivity index (χ2n) is 8.18. The summed E-state index contributed by atoms with van der Waals surface area (Å²) in [5.74, 6) is 0.787. The highest BCUT2D eigenvalue weighted by atomic mass is 28.2. The van der Waals surface area contributed by atoms with Crippen LogP contribution in [0.3, 0.4) is 0 Å². The average Bonchev–Trinajstić information content (AvgIpc) is 2.58. The molecule has 0 bridgehead atoms. The topological polar surface area (TPSA) is 78.5 Å². The molecule has 6 nitrogen and oxygen atoms in total. The van der Waals surface area contributed by atoms with E-state index in [1.165, 1.54) is 0 Å². The van der Waals surface area contributed by atoms with Gasteiger partial charge in [0, 0.05) is 5.04 Å². The summed E-state index contributed by atoms with van der Waals surface area (Å²) in [4.78, 5) is 23.2. The molecule has 3 unspecified atom stereocenters. The van der Waals surface area contributed by atoms with Gasteiger partial charge in [-0.2, -0.15) is 0 Å². The summed E-state index contributed by atoms with van der Waals surface area (Å²) in [5, 5.41) is 16.1. The molecule has 2 rings (SSSR count). The van der Waals surface area contributed by atoms with Gasteiger partial charge in [-0.05, 0) is 18.1 Å². The Hall–Kier alpha value is -1.70. The van der Waals surface area contributed by atoms with E-state index in [1.54, 1.807) is 12.1 Å². The van der Waals surface area contributed by atoms with Crippen molar-refractivity contribution < 1.29 is 18.6 Å². The van der Waals surface area contributed by atoms with Crippen molar-refractivity contribution >= 4 is 21.9 Å². The number of ether oxygens (including phenoxy) is 1. The zero-order valence-corrected chi connectivity index (χ0v) is 17.5. The smallest absolute Gasteiger partial charge is 0.261 e. The minimum atomic E-state index is -1.04. The predicted octanol–water partition coefficient (Wildman–Crippen LogP) is 1.77. The molecule has 26 heavy (non-hydrogen) atoms. The van der Waals surface area contributed by atoms with Crippen LogP contribution >= 0.6 is 0 Å². The van der Waals surface area contributed by atoms with Gasteiger partial charge in [-0.1, -0.05) is 45.9 Å². The molecule has 1 aromatic carbocycles. The number of aldehydes is 1. The summed E-state index contributed by atoms with van der Waals surface area (Å²) in [6.45, 7) is 8.81. The van der Waals surface area contributed by atoms with Crippen LogP contribution in [0.25, 0.3) is 0 Å². The molecule has 3 atom stereocenters. The maximum atomic E-state index is 13.2. The van der Waals surface area contributed by atoms with Crippen molar-refractivity contribution in [2.24, 2.45) is 5.92 Å². The second kappa shape index (κ2) is 8.33. The van der Waals surface area contributed by atoms with E-state index in [1.807, 2.05) is 18.2 Å². The van der Waals surface area contributed by atoms with Gasteiger partial charge in [0.15, 0.2) is 6.61 Å². The van der Waals surface area contributed by atoms with Gasteiger partial charge in [0.25, 0.3) is 15.6 Å². The second-order valence-corrected chi connectivity index (χ2v) is 11.4. The molecule has 0 aromatic heterocycles. The van der Waals surface area contributed by atoms with E-state index < -0.39 is 9.68 Å². The van der Waals surface area contributed by atoms with Crippen LogP contribution in [0.4, 0.5) is 0 Å². The van der Waals surface area contributed by atoms with Gasteiger partial charge >= 0.3 is 0 Å². The Morgan fingerprint density at radius 2 is 2.08 bits per heavy atom. The highest BCUT2D eigenvalue weighted by Crippen LogP contribution is 2.40. The number of carbonyl (C=O) groups excluding carboxylic acids is 2. The Kier molecular flexibility index (Phi) is 6.60. The molecular weight excluding hydrogens is 348 g/mol. The Labute approximate surface area is 158 Å². The standard InChI is InChI=1S/C19H30N2O4Si/c1-14(2)19(3,4)26-21(24)12-16(17(21)10-11-22)20-18(23)13-25-15-8-6-5-7-9-15/h5-9,11,14,16-17H,10,12-13,26H2,1-4H3,(H,20,23). The number of quaternary nitrogens is 1. The lowest BCUT2D eigenvalue weighted by atomic mass is 9.96. The summed E-state index contributed by atoms with van der Waals surface area (Å²) >= 11 is 0. The van der Waals surface area contributed by atoms with E-state index in [4.69, 9.17) is 4.74 Å². The third-order valence-electron chi connectivity index (χ3n) is 5.61. The molecule has 1 aliphatic rings. The van der Waals surface area contributed by atoms with Gasteiger partial charge < -0.3 is 24.4 Å². The molecular formula is C19H30N2O4Si. The number of nitrogens with zero attached hydrogens (tertiary/aromatic N) is 1. The Morgan fingerprint density at radius 3 is 2.65 bits per heavy atom.